The van der Waals surface area contributed by atoms with Crippen LogP contribution in [0.5, 0.6) is 0 Å². The van der Waals surface area contributed by atoms with E-state index in [4.69, 9.17) is 15.4 Å². The number of rotatable bonds is 5. The van der Waals surface area contributed by atoms with E-state index < -0.39 is 9.05 Å². The van der Waals surface area contributed by atoms with Gasteiger partial charge in [0.15, 0.2) is 0 Å². The van der Waals surface area contributed by atoms with E-state index in [0.29, 0.717) is 6.61 Å². The van der Waals surface area contributed by atoms with E-state index in [-0.39, 0.29) is 11.0 Å². The molecule has 0 saturated carbocycles. The van der Waals surface area contributed by atoms with Crippen LogP contribution >= 0.6 is 10.7 Å². The molecule has 0 spiro atoms. The fourth-order valence-electron chi connectivity index (χ4n) is 1.50. The highest BCUT2D eigenvalue weighted by Crippen LogP contribution is 2.23. The maximum absolute atomic E-state index is 11.0. The second-order valence-corrected chi connectivity index (χ2v) is 5.93. The summed E-state index contributed by atoms with van der Waals surface area (Å²) in [6.45, 7) is 4.58. The van der Waals surface area contributed by atoms with E-state index in [9.17, 15) is 8.42 Å². The van der Waals surface area contributed by atoms with Gasteiger partial charge in [-0.1, -0.05) is 19.1 Å². The predicted octanol–water partition coefficient (Wildman–Crippen LogP) is 3.10. The van der Waals surface area contributed by atoms with Crippen LogP contribution in [0.1, 0.15) is 31.9 Å². The molecule has 0 aliphatic rings. The SMILES string of the molecule is CCO[C@H](CC)c1ccc(S(=O)(=O)Cl)cc1. The van der Waals surface area contributed by atoms with Gasteiger partial charge in [-0.2, -0.15) is 0 Å². The van der Waals surface area contributed by atoms with Crippen LogP contribution in [-0.4, -0.2) is 15.0 Å². The Morgan fingerprint density at radius 2 is 1.81 bits per heavy atom. The summed E-state index contributed by atoms with van der Waals surface area (Å²) in [7, 11) is 1.59. The van der Waals surface area contributed by atoms with Crippen LogP contribution in [0.4, 0.5) is 0 Å². The first-order valence-corrected chi connectivity index (χ1v) is 7.46. The van der Waals surface area contributed by atoms with Crippen molar-refractivity contribution < 1.29 is 13.2 Å². The minimum Gasteiger partial charge on any atom is -0.374 e. The number of hydrogen-bond donors (Lipinski definition) is 0. The maximum atomic E-state index is 11.0. The van der Waals surface area contributed by atoms with Crippen molar-refractivity contribution in [2.45, 2.75) is 31.3 Å². The molecule has 90 valence electrons. The second kappa shape index (κ2) is 5.66. The molecular weight excluding hydrogens is 248 g/mol. The molecule has 1 atom stereocenters. The first kappa shape index (κ1) is 13.5. The van der Waals surface area contributed by atoms with Crippen molar-refractivity contribution in [2.24, 2.45) is 0 Å². The van der Waals surface area contributed by atoms with Crippen molar-refractivity contribution in [1.82, 2.24) is 0 Å². The molecule has 0 aliphatic carbocycles. The lowest BCUT2D eigenvalue weighted by Gasteiger charge is -2.15. The van der Waals surface area contributed by atoms with Crippen LogP contribution < -0.4 is 0 Å². The monoisotopic (exact) mass is 262 g/mol. The maximum Gasteiger partial charge on any atom is 0.261 e. The molecule has 5 heteroatoms. The quantitative estimate of drug-likeness (QED) is 0.766. The summed E-state index contributed by atoms with van der Waals surface area (Å²) < 4.78 is 27.6. The lowest BCUT2D eigenvalue weighted by molar-refractivity contribution is 0.0598. The molecule has 0 radical (unpaired) electrons. The first-order valence-electron chi connectivity index (χ1n) is 5.15. The Labute approximate surface area is 101 Å². The molecule has 0 amide bonds. The zero-order valence-electron chi connectivity index (χ0n) is 9.31. The lowest BCUT2D eigenvalue weighted by Crippen LogP contribution is -2.03. The van der Waals surface area contributed by atoms with Crippen LogP contribution in [0.2, 0.25) is 0 Å². The van der Waals surface area contributed by atoms with Gasteiger partial charge in [0.05, 0.1) is 11.0 Å². The molecular formula is C11H15ClO3S. The van der Waals surface area contributed by atoms with Gasteiger partial charge in [0, 0.05) is 17.3 Å². The summed E-state index contributed by atoms with van der Waals surface area (Å²) in [6.07, 6.45) is 0.859. The largest absolute Gasteiger partial charge is 0.374 e. The van der Waals surface area contributed by atoms with Crippen molar-refractivity contribution in [1.29, 1.82) is 0 Å². The fourth-order valence-corrected chi connectivity index (χ4v) is 2.27. The molecule has 1 aromatic rings. The summed E-state index contributed by atoms with van der Waals surface area (Å²) in [5.41, 5.74) is 0.966. The summed E-state index contributed by atoms with van der Waals surface area (Å²) in [6, 6.07) is 6.47. The average molecular weight is 263 g/mol. The van der Waals surface area contributed by atoms with Crippen LogP contribution in [-0.2, 0) is 13.8 Å². The standard InChI is InChI=1S/C11H15ClO3S/c1-3-11(15-4-2)9-5-7-10(8-6-9)16(12,13)14/h5-8,11H,3-4H2,1-2H3/t11-/m1/s1. The Bertz CT molecular complexity index is 425. The molecule has 3 nitrogen and oxygen atoms in total. The Balaban J connectivity index is 2.93. The van der Waals surface area contributed by atoms with E-state index in [1.54, 1.807) is 12.1 Å². The minimum absolute atomic E-state index is 0.0112. The predicted molar refractivity (Wildman–Crippen MR) is 64.1 cm³/mol. The van der Waals surface area contributed by atoms with E-state index in [1.165, 1.54) is 12.1 Å². The van der Waals surface area contributed by atoms with Crippen LogP contribution in [0, 0.1) is 0 Å². The number of halogens is 1. The first-order chi connectivity index (χ1) is 7.49. The molecule has 0 N–H and O–H groups in total. The summed E-state index contributed by atoms with van der Waals surface area (Å²) in [4.78, 5) is 0.115. The third-order valence-electron chi connectivity index (χ3n) is 2.27. The second-order valence-electron chi connectivity index (χ2n) is 3.36. The molecule has 0 aliphatic heterocycles. The van der Waals surface area contributed by atoms with Crippen molar-refractivity contribution >= 4 is 19.7 Å². The molecule has 1 aromatic carbocycles. The molecule has 0 heterocycles. The van der Waals surface area contributed by atoms with Crippen LogP contribution in [0.25, 0.3) is 0 Å². The molecule has 0 fully saturated rings. The Kier molecular flexibility index (Phi) is 4.77. The Morgan fingerprint density at radius 1 is 1.25 bits per heavy atom. The molecule has 0 saturated heterocycles. The zero-order chi connectivity index (χ0) is 12.2. The molecule has 16 heavy (non-hydrogen) atoms. The Hall–Kier alpha value is -0.580. The van der Waals surface area contributed by atoms with Crippen molar-refractivity contribution in [2.75, 3.05) is 6.61 Å². The van der Waals surface area contributed by atoms with E-state index in [2.05, 4.69) is 0 Å². The number of ether oxygens (including phenoxy) is 1. The third kappa shape index (κ3) is 3.47. The summed E-state index contributed by atoms with van der Waals surface area (Å²) in [5.74, 6) is 0. The summed E-state index contributed by atoms with van der Waals surface area (Å²) >= 11 is 0. The molecule has 0 unspecified atom stereocenters. The van der Waals surface area contributed by atoms with Gasteiger partial charge in [0.25, 0.3) is 9.05 Å². The van der Waals surface area contributed by atoms with Crippen molar-refractivity contribution in [3.63, 3.8) is 0 Å². The highest BCUT2D eigenvalue weighted by molar-refractivity contribution is 8.13. The highest BCUT2D eigenvalue weighted by Gasteiger charge is 2.12. The van der Waals surface area contributed by atoms with Gasteiger partial charge in [-0.05, 0) is 31.0 Å². The van der Waals surface area contributed by atoms with Gasteiger partial charge < -0.3 is 4.74 Å². The molecule has 1 rings (SSSR count). The van der Waals surface area contributed by atoms with Gasteiger partial charge in [-0.15, -0.1) is 0 Å². The fraction of sp³-hybridized carbons (Fsp3) is 0.455. The zero-order valence-corrected chi connectivity index (χ0v) is 10.9. The van der Waals surface area contributed by atoms with E-state index in [0.717, 1.165) is 12.0 Å². The van der Waals surface area contributed by atoms with E-state index in [1.807, 2.05) is 13.8 Å². The number of benzene rings is 1. The van der Waals surface area contributed by atoms with Gasteiger partial charge in [0.1, 0.15) is 0 Å². The topological polar surface area (TPSA) is 43.4 Å². The molecule has 0 bridgehead atoms. The Morgan fingerprint density at radius 3 is 2.19 bits per heavy atom. The lowest BCUT2D eigenvalue weighted by atomic mass is 10.1. The van der Waals surface area contributed by atoms with Crippen LogP contribution in [0.15, 0.2) is 29.2 Å². The van der Waals surface area contributed by atoms with Crippen molar-refractivity contribution in [3.05, 3.63) is 29.8 Å². The van der Waals surface area contributed by atoms with Gasteiger partial charge in [0.2, 0.25) is 0 Å². The summed E-state index contributed by atoms with van der Waals surface area (Å²) in [5, 5.41) is 0. The van der Waals surface area contributed by atoms with Gasteiger partial charge in [-0.25, -0.2) is 8.42 Å². The van der Waals surface area contributed by atoms with Gasteiger partial charge >= 0.3 is 0 Å². The van der Waals surface area contributed by atoms with Crippen LogP contribution in [0.3, 0.4) is 0 Å². The average Bonchev–Trinajstić information content (AvgIpc) is 2.25. The normalized spacial score (nSPS) is 13.7. The number of hydrogen-bond acceptors (Lipinski definition) is 3. The third-order valence-corrected chi connectivity index (χ3v) is 3.64. The smallest absolute Gasteiger partial charge is 0.261 e. The van der Waals surface area contributed by atoms with Gasteiger partial charge in [-0.3, -0.25) is 0 Å². The highest BCUT2D eigenvalue weighted by atomic mass is 35.7. The van der Waals surface area contributed by atoms with Crippen molar-refractivity contribution in [3.8, 4) is 0 Å². The molecule has 0 aromatic heterocycles. The minimum atomic E-state index is -3.63. The van der Waals surface area contributed by atoms with E-state index >= 15 is 0 Å².